The zero-order valence-electron chi connectivity index (χ0n) is 21.1. The molecular weight excluding hydrogens is 392 g/mol. The van der Waals surface area contributed by atoms with Crippen molar-refractivity contribution in [3.63, 3.8) is 0 Å². The lowest BCUT2D eigenvalue weighted by atomic mass is 9.80. The Morgan fingerprint density at radius 2 is 0.774 bits per heavy atom. The molecule has 0 aliphatic rings. The van der Waals surface area contributed by atoms with Gasteiger partial charge in [0.15, 0.2) is 0 Å². The summed E-state index contributed by atoms with van der Waals surface area (Å²) in [6.07, 6.45) is 12.7. The molecule has 0 amide bonds. The number of rotatable bonds is 22. The highest BCUT2D eigenvalue weighted by atomic mass is 16.6. The third-order valence-electron chi connectivity index (χ3n) is 6.78. The zero-order valence-corrected chi connectivity index (χ0v) is 21.1. The van der Waals surface area contributed by atoms with Gasteiger partial charge in [-0.15, -0.1) is 0 Å². The van der Waals surface area contributed by atoms with Crippen LogP contribution in [-0.4, -0.2) is 57.0 Å². The molecule has 0 fully saturated rings. The molecule has 0 aliphatic heterocycles. The summed E-state index contributed by atoms with van der Waals surface area (Å²) in [5, 5.41) is 41.9. The molecule has 0 spiro atoms. The van der Waals surface area contributed by atoms with E-state index in [0.717, 1.165) is 77.0 Å². The average molecular weight is 447 g/mol. The normalized spacial score (nSPS) is 14.7. The van der Waals surface area contributed by atoms with Gasteiger partial charge in [0.1, 0.15) is 12.2 Å². The van der Waals surface area contributed by atoms with Crippen molar-refractivity contribution in [2.24, 2.45) is 0 Å². The highest BCUT2D eigenvalue weighted by Gasteiger charge is 2.48. The molecule has 0 heterocycles. The second-order valence-electron chi connectivity index (χ2n) is 9.46. The molecule has 0 saturated carbocycles. The zero-order chi connectivity index (χ0) is 23.6. The van der Waals surface area contributed by atoms with Gasteiger partial charge in [-0.2, -0.15) is 0 Å². The van der Waals surface area contributed by atoms with Crippen LogP contribution >= 0.6 is 0 Å². The fraction of sp³-hybridized carbons (Fsp3) is 1.00. The predicted octanol–water partition coefficient (Wildman–Crippen LogP) is 5.51. The molecule has 4 N–H and O–H groups in total. The SMILES string of the molecule is CCCCCC(CCCCC)(OC(CCCCC)(CCCCC)C(O)CO)C(O)CO. The molecule has 5 nitrogen and oxygen atoms in total. The average Bonchev–Trinajstić information content (AvgIpc) is 2.78. The Hall–Kier alpha value is -0.200. The van der Waals surface area contributed by atoms with Crippen molar-refractivity contribution in [1.82, 2.24) is 0 Å². The van der Waals surface area contributed by atoms with Gasteiger partial charge in [0.2, 0.25) is 0 Å². The van der Waals surface area contributed by atoms with Crippen molar-refractivity contribution in [2.75, 3.05) is 13.2 Å². The van der Waals surface area contributed by atoms with Crippen LogP contribution in [0.2, 0.25) is 0 Å². The van der Waals surface area contributed by atoms with Gasteiger partial charge in [-0.05, 0) is 25.7 Å². The molecule has 0 aliphatic carbocycles. The van der Waals surface area contributed by atoms with Crippen molar-refractivity contribution in [2.45, 2.75) is 154 Å². The fourth-order valence-electron chi connectivity index (χ4n) is 4.69. The van der Waals surface area contributed by atoms with Crippen LogP contribution in [0.3, 0.4) is 0 Å². The topological polar surface area (TPSA) is 90.2 Å². The van der Waals surface area contributed by atoms with E-state index in [0.29, 0.717) is 25.7 Å². The van der Waals surface area contributed by atoms with E-state index in [4.69, 9.17) is 4.74 Å². The van der Waals surface area contributed by atoms with E-state index in [1.54, 1.807) is 0 Å². The summed E-state index contributed by atoms with van der Waals surface area (Å²) in [6.45, 7) is 7.89. The molecule has 188 valence electrons. The number of aliphatic hydroxyl groups excluding tert-OH is 4. The van der Waals surface area contributed by atoms with E-state index in [-0.39, 0.29) is 13.2 Å². The lowest BCUT2D eigenvalue weighted by Crippen LogP contribution is -2.58. The summed E-state index contributed by atoms with van der Waals surface area (Å²) >= 11 is 0. The number of aliphatic hydroxyl groups is 4. The van der Waals surface area contributed by atoms with Gasteiger partial charge in [-0.25, -0.2) is 0 Å². The molecule has 0 aromatic heterocycles. The van der Waals surface area contributed by atoms with Crippen LogP contribution in [0.4, 0.5) is 0 Å². The Kier molecular flexibility index (Phi) is 18.1. The maximum Gasteiger partial charge on any atom is 0.106 e. The second kappa shape index (κ2) is 18.3. The summed E-state index contributed by atoms with van der Waals surface area (Å²) in [5.41, 5.74) is -1.79. The van der Waals surface area contributed by atoms with Crippen molar-refractivity contribution in [3.8, 4) is 0 Å². The van der Waals surface area contributed by atoms with E-state index in [2.05, 4.69) is 27.7 Å². The molecule has 2 atom stereocenters. The standard InChI is InChI=1S/C26H54O5/c1-5-9-13-17-25(23(29)21-27,18-14-10-6-2)31-26(24(30)22-28,19-15-11-7-3)20-16-12-8-4/h23-24,27-30H,5-22H2,1-4H3. The van der Waals surface area contributed by atoms with E-state index < -0.39 is 23.4 Å². The quantitative estimate of drug-likeness (QED) is 0.165. The molecule has 0 rings (SSSR count). The van der Waals surface area contributed by atoms with E-state index in [1.807, 2.05) is 0 Å². The van der Waals surface area contributed by atoms with Crippen LogP contribution in [0.5, 0.6) is 0 Å². The molecule has 5 heteroatoms. The molecule has 31 heavy (non-hydrogen) atoms. The lowest BCUT2D eigenvalue weighted by molar-refractivity contribution is -0.253. The van der Waals surface area contributed by atoms with Gasteiger partial charge in [0.05, 0.1) is 24.4 Å². The van der Waals surface area contributed by atoms with Crippen molar-refractivity contribution in [1.29, 1.82) is 0 Å². The molecule has 0 aromatic carbocycles. The van der Waals surface area contributed by atoms with Gasteiger partial charge in [0.25, 0.3) is 0 Å². The van der Waals surface area contributed by atoms with Gasteiger partial charge in [-0.3, -0.25) is 0 Å². The van der Waals surface area contributed by atoms with Gasteiger partial charge in [-0.1, -0.05) is 105 Å². The van der Waals surface area contributed by atoms with Gasteiger partial charge < -0.3 is 25.2 Å². The molecule has 0 bridgehead atoms. The Labute approximate surface area is 192 Å². The first-order valence-electron chi connectivity index (χ1n) is 13.2. The Morgan fingerprint density at radius 1 is 0.516 bits per heavy atom. The maximum absolute atomic E-state index is 11.0. The smallest absolute Gasteiger partial charge is 0.106 e. The van der Waals surface area contributed by atoms with Crippen LogP contribution in [0.25, 0.3) is 0 Å². The van der Waals surface area contributed by atoms with E-state index in [1.165, 1.54) is 0 Å². The number of hydrogen-bond donors (Lipinski definition) is 4. The highest BCUT2D eigenvalue weighted by molar-refractivity contribution is 4.97. The number of unbranched alkanes of at least 4 members (excludes halogenated alkanes) is 8. The first kappa shape index (κ1) is 30.8. The molecule has 0 radical (unpaired) electrons. The Bertz CT molecular complexity index is 345. The summed E-state index contributed by atoms with van der Waals surface area (Å²) in [5.74, 6) is 0. The number of ether oxygens (including phenoxy) is 1. The first-order valence-corrected chi connectivity index (χ1v) is 13.2. The minimum atomic E-state index is -0.996. The van der Waals surface area contributed by atoms with Gasteiger partial charge >= 0.3 is 0 Å². The molecular formula is C26H54O5. The summed E-state index contributed by atoms with van der Waals surface area (Å²) in [7, 11) is 0. The van der Waals surface area contributed by atoms with Crippen LogP contribution in [-0.2, 0) is 4.74 Å². The summed E-state index contributed by atoms with van der Waals surface area (Å²) < 4.78 is 6.90. The second-order valence-corrected chi connectivity index (χ2v) is 9.46. The lowest BCUT2D eigenvalue weighted by Gasteiger charge is -2.48. The van der Waals surface area contributed by atoms with Crippen molar-refractivity contribution in [3.05, 3.63) is 0 Å². The van der Waals surface area contributed by atoms with Crippen LogP contribution in [0, 0.1) is 0 Å². The maximum atomic E-state index is 11.0. The molecule has 0 aromatic rings. The number of hydrogen-bond acceptors (Lipinski definition) is 5. The molecule has 2 unspecified atom stereocenters. The predicted molar refractivity (Wildman–Crippen MR) is 129 cm³/mol. The third kappa shape index (κ3) is 11.0. The van der Waals surface area contributed by atoms with Crippen molar-refractivity contribution >= 4 is 0 Å². The first-order chi connectivity index (χ1) is 14.9. The summed E-state index contributed by atoms with van der Waals surface area (Å²) in [4.78, 5) is 0. The van der Waals surface area contributed by atoms with E-state index in [9.17, 15) is 20.4 Å². The molecule has 0 saturated heterocycles. The van der Waals surface area contributed by atoms with Gasteiger partial charge in [0, 0.05) is 0 Å². The highest BCUT2D eigenvalue weighted by Crippen LogP contribution is 2.41. The minimum absolute atomic E-state index is 0.354. The van der Waals surface area contributed by atoms with Crippen molar-refractivity contribution < 1.29 is 25.2 Å². The van der Waals surface area contributed by atoms with Crippen LogP contribution in [0.1, 0.15) is 130 Å². The third-order valence-corrected chi connectivity index (χ3v) is 6.78. The fourth-order valence-corrected chi connectivity index (χ4v) is 4.69. The monoisotopic (exact) mass is 446 g/mol. The van der Waals surface area contributed by atoms with E-state index >= 15 is 0 Å². The minimum Gasteiger partial charge on any atom is -0.394 e. The largest absolute Gasteiger partial charge is 0.394 e. The van der Waals surface area contributed by atoms with Crippen LogP contribution < -0.4 is 0 Å². The Balaban J connectivity index is 6.07. The summed E-state index contributed by atoms with van der Waals surface area (Å²) in [6, 6.07) is 0. The van der Waals surface area contributed by atoms with Crippen LogP contribution in [0.15, 0.2) is 0 Å². The Morgan fingerprint density at radius 3 is 0.968 bits per heavy atom.